The summed E-state index contributed by atoms with van der Waals surface area (Å²) in [4.78, 5) is 0. The maximum atomic E-state index is 3.77. The Labute approximate surface area is 131 Å². The molecule has 0 nitrogen and oxygen atoms in total. The van der Waals surface area contributed by atoms with Crippen LogP contribution in [0.4, 0.5) is 0 Å². The first-order valence-corrected chi connectivity index (χ1v) is 7.81. The van der Waals surface area contributed by atoms with Crippen LogP contribution in [0.25, 0.3) is 33.7 Å². The van der Waals surface area contributed by atoms with Crippen molar-refractivity contribution in [2.24, 2.45) is 0 Å². The third kappa shape index (κ3) is 2.08. The minimum atomic E-state index is 1.15. The zero-order valence-corrected chi connectivity index (χ0v) is 12.5. The van der Waals surface area contributed by atoms with Crippen molar-refractivity contribution in [1.82, 2.24) is 0 Å². The molecule has 4 rings (SSSR count). The molecule has 0 amide bonds. The Balaban J connectivity index is 2.07. The van der Waals surface area contributed by atoms with Crippen molar-refractivity contribution >= 4 is 33.7 Å². The van der Waals surface area contributed by atoms with Crippen LogP contribution in [0.1, 0.15) is 23.1 Å². The maximum Gasteiger partial charge on any atom is -0.0102 e. The Bertz CT molecular complexity index is 939. The zero-order chi connectivity index (χ0) is 14.9. The molecule has 0 saturated carbocycles. The second kappa shape index (κ2) is 5.31. The number of hydrogen-bond donors (Lipinski definition) is 0. The van der Waals surface area contributed by atoms with Gasteiger partial charge in [0.05, 0.1) is 0 Å². The van der Waals surface area contributed by atoms with Crippen molar-refractivity contribution in [1.29, 1.82) is 0 Å². The average molecular weight is 282 g/mol. The van der Waals surface area contributed by atoms with Crippen LogP contribution in [-0.2, 0) is 6.42 Å². The molecule has 0 radical (unpaired) electrons. The highest BCUT2D eigenvalue weighted by Crippen LogP contribution is 2.32. The van der Waals surface area contributed by atoms with E-state index in [9.17, 15) is 0 Å². The van der Waals surface area contributed by atoms with Gasteiger partial charge in [-0.1, -0.05) is 67.3 Å². The lowest BCUT2D eigenvalue weighted by molar-refractivity contribution is 0.990. The van der Waals surface area contributed by atoms with Crippen LogP contribution in [0.2, 0.25) is 0 Å². The van der Waals surface area contributed by atoms with E-state index in [1.165, 1.54) is 38.2 Å². The molecule has 106 valence electrons. The predicted molar refractivity (Wildman–Crippen MR) is 98.0 cm³/mol. The standard InChI is InChI=1S/C22H18/c1-2-3-7-16-9-6-10-18-14-19-13-12-17-8-4-5-11-20(17)22(19)15-21(16)18/h2-3,5-7,9-15H,1,4,8H2/b7-3-. The molecule has 0 fully saturated rings. The van der Waals surface area contributed by atoms with Crippen molar-refractivity contribution in [2.75, 3.05) is 0 Å². The first kappa shape index (κ1) is 13.1. The fraction of sp³-hybridized carbons (Fsp3) is 0.0909. The molecular formula is C22H18. The van der Waals surface area contributed by atoms with Crippen molar-refractivity contribution in [3.8, 4) is 0 Å². The maximum absolute atomic E-state index is 3.77. The predicted octanol–water partition coefficient (Wildman–Crippen LogP) is 6.15. The second-order valence-electron chi connectivity index (χ2n) is 5.82. The van der Waals surface area contributed by atoms with Gasteiger partial charge in [0.15, 0.2) is 0 Å². The Kier molecular flexibility index (Phi) is 3.16. The van der Waals surface area contributed by atoms with Gasteiger partial charge in [0.25, 0.3) is 0 Å². The summed E-state index contributed by atoms with van der Waals surface area (Å²) in [5, 5.41) is 5.28. The fourth-order valence-electron chi connectivity index (χ4n) is 3.36. The summed E-state index contributed by atoms with van der Waals surface area (Å²) in [6, 6.07) is 15.7. The highest BCUT2D eigenvalue weighted by molar-refractivity contribution is 6.05. The lowest BCUT2D eigenvalue weighted by Gasteiger charge is -2.14. The summed E-state index contributed by atoms with van der Waals surface area (Å²) >= 11 is 0. The van der Waals surface area contributed by atoms with E-state index in [0.717, 1.165) is 12.8 Å². The molecule has 0 heterocycles. The van der Waals surface area contributed by atoms with E-state index in [-0.39, 0.29) is 0 Å². The smallest absolute Gasteiger partial charge is 0.0102 e. The van der Waals surface area contributed by atoms with Gasteiger partial charge in [0.2, 0.25) is 0 Å². The average Bonchev–Trinajstić information content (AvgIpc) is 2.58. The van der Waals surface area contributed by atoms with Gasteiger partial charge in [-0.3, -0.25) is 0 Å². The van der Waals surface area contributed by atoms with Crippen LogP contribution in [0.5, 0.6) is 0 Å². The first-order valence-electron chi connectivity index (χ1n) is 7.81. The monoisotopic (exact) mass is 282 g/mol. The van der Waals surface area contributed by atoms with Crippen molar-refractivity contribution in [3.63, 3.8) is 0 Å². The highest BCUT2D eigenvalue weighted by Gasteiger charge is 2.10. The summed E-state index contributed by atoms with van der Waals surface area (Å²) in [7, 11) is 0. The molecule has 0 aliphatic heterocycles. The molecule has 0 atom stereocenters. The van der Waals surface area contributed by atoms with Crippen LogP contribution in [-0.4, -0.2) is 0 Å². The third-order valence-electron chi connectivity index (χ3n) is 4.46. The Morgan fingerprint density at radius 1 is 0.955 bits per heavy atom. The van der Waals surface area contributed by atoms with Crippen molar-refractivity contribution in [2.45, 2.75) is 12.8 Å². The molecule has 0 spiro atoms. The third-order valence-corrected chi connectivity index (χ3v) is 4.46. The quantitative estimate of drug-likeness (QED) is 0.390. The summed E-state index contributed by atoms with van der Waals surface area (Å²) in [6.45, 7) is 3.77. The van der Waals surface area contributed by atoms with Crippen LogP contribution in [0.15, 0.2) is 67.3 Å². The molecule has 1 aliphatic carbocycles. The van der Waals surface area contributed by atoms with Crippen molar-refractivity contribution < 1.29 is 0 Å². The number of aryl methyl sites for hydroxylation is 1. The van der Waals surface area contributed by atoms with E-state index in [1.807, 2.05) is 12.2 Å². The molecule has 3 aromatic rings. The van der Waals surface area contributed by atoms with E-state index in [1.54, 1.807) is 0 Å². The van der Waals surface area contributed by atoms with Crippen LogP contribution in [0.3, 0.4) is 0 Å². The first-order chi connectivity index (χ1) is 10.9. The molecule has 0 heteroatoms. The van der Waals surface area contributed by atoms with E-state index < -0.39 is 0 Å². The molecule has 0 saturated heterocycles. The molecule has 0 N–H and O–H groups in total. The molecular weight excluding hydrogens is 264 g/mol. The minimum absolute atomic E-state index is 1.15. The number of allylic oxidation sites excluding steroid dienone is 3. The SMILES string of the molecule is C=C/C=C\c1cccc2cc3ccc4c(c3cc12)C=CCC4. The number of hydrogen-bond acceptors (Lipinski definition) is 0. The lowest BCUT2D eigenvalue weighted by atomic mass is 9.90. The molecule has 0 aromatic heterocycles. The summed E-state index contributed by atoms with van der Waals surface area (Å²) in [6.07, 6.45) is 12.8. The molecule has 3 aromatic carbocycles. The number of benzene rings is 3. The lowest BCUT2D eigenvalue weighted by Crippen LogP contribution is -1.95. The van der Waals surface area contributed by atoms with E-state index in [0.29, 0.717) is 0 Å². The van der Waals surface area contributed by atoms with Gasteiger partial charge in [-0.2, -0.15) is 0 Å². The highest BCUT2D eigenvalue weighted by atomic mass is 14.1. The summed E-state index contributed by atoms with van der Waals surface area (Å²) < 4.78 is 0. The molecule has 22 heavy (non-hydrogen) atoms. The van der Waals surface area contributed by atoms with Gasteiger partial charge < -0.3 is 0 Å². The van der Waals surface area contributed by atoms with E-state index >= 15 is 0 Å². The largest absolute Gasteiger partial charge is 0.0991 e. The Morgan fingerprint density at radius 2 is 1.86 bits per heavy atom. The number of rotatable bonds is 2. The Hall–Kier alpha value is -2.60. The van der Waals surface area contributed by atoms with E-state index in [4.69, 9.17) is 0 Å². The van der Waals surface area contributed by atoms with Crippen LogP contribution in [0, 0.1) is 0 Å². The molecule has 1 aliphatic rings. The Morgan fingerprint density at radius 3 is 2.77 bits per heavy atom. The topological polar surface area (TPSA) is 0 Å². The van der Waals surface area contributed by atoms with Crippen molar-refractivity contribution in [3.05, 3.63) is 84.0 Å². The zero-order valence-electron chi connectivity index (χ0n) is 12.5. The fourth-order valence-corrected chi connectivity index (χ4v) is 3.36. The summed E-state index contributed by atoms with van der Waals surface area (Å²) in [5.74, 6) is 0. The molecule has 0 unspecified atom stereocenters. The van der Waals surface area contributed by atoms with E-state index in [2.05, 4.69) is 67.3 Å². The van der Waals surface area contributed by atoms with Gasteiger partial charge in [-0.15, -0.1) is 0 Å². The number of fused-ring (bicyclic) bond motifs is 4. The van der Waals surface area contributed by atoms with Gasteiger partial charge in [-0.05, 0) is 63.2 Å². The van der Waals surface area contributed by atoms with Gasteiger partial charge in [0, 0.05) is 0 Å². The van der Waals surface area contributed by atoms with Gasteiger partial charge >= 0.3 is 0 Å². The van der Waals surface area contributed by atoms with Gasteiger partial charge in [-0.25, -0.2) is 0 Å². The second-order valence-corrected chi connectivity index (χ2v) is 5.82. The van der Waals surface area contributed by atoms with Crippen LogP contribution < -0.4 is 0 Å². The normalized spacial score (nSPS) is 13.8. The molecule has 0 bridgehead atoms. The van der Waals surface area contributed by atoms with Gasteiger partial charge in [0.1, 0.15) is 0 Å². The summed E-state index contributed by atoms with van der Waals surface area (Å²) in [5.41, 5.74) is 4.11. The minimum Gasteiger partial charge on any atom is -0.0991 e. The van der Waals surface area contributed by atoms with Crippen LogP contribution >= 0.6 is 0 Å².